The zero-order valence-corrected chi connectivity index (χ0v) is 20.5. The highest BCUT2D eigenvalue weighted by Crippen LogP contribution is 2.38. The molecule has 10 nitrogen and oxygen atoms in total. The van der Waals surface area contributed by atoms with E-state index < -0.39 is 5.79 Å². The highest BCUT2D eigenvalue weighted by molar-refractivity contribution is 7.29. The Balaban J connectivity index is 1.14. The molecule has 6 rings (SSSR count). The van der Waals surface area contributed by atoms with Gasteiger partial charge in [-0.2, -0.15) is 4.98 Å². The molecule has 6 heterocycles. The predicted octanol–water partition coefficient (Wildman–Crippen LogP) is 1.66. The average Bonchev–Trinajstić information content (AvgIpc) is 3.53. The molecule has 0 aliphatic carbocycles. The standard InChI is InChI=1S/C22H26N6O4S2/c1-10-7-31-22(32-10)9-28(6-14(22)23)15-4-3-12-5-13(8-30-20(12)27-15)26-19(29)17-16(24)18-21(34-17)25-11(2)33-18/h3-4,10,13-14H,5-9,23-24H2,1-2H3,(H,26,29). The van der Waals surface area contributed by atoms with E-state index in [1.54, 1.807) is 0 Å². The zero-order chi connectivity index (χ0) is 23.6. The molecule has 180 valence electrons. The smallest absolute Gasteiger partial charge is 0.263 e. The van der Waals surface area contributed by atoms with Gasteiger partial charge in [-0.1, -0.05) is 0 Å². The summed E-state index contributed by atoms with van der Waals surface area (Å²) >= 11 is 2.83. The highest BCUT2D eigenvalue weighted by atomic mass is 32.1. The number of thiazole rings is 1. The SMILES string of the molecule is Cc1nc2sc(C(=O)NC3COc4nc(N5CC(N)C6(C5)OCC(C)O6)ccc4C3)c(N)c2s1. The maximum atomic E-state index is 12.9. The van der Waals surface area contributed by atoms with Crippen LogP contribution in [-0.4, -0.2) is 66.2 Å². The van der Waals surface area contributed by atoms with Gasteiger partial charge in [0.1, 0.15) is 22.1 Å². The number of fused-ring (bicyclic) bond motifs is 2. The first-order valence-corrected chi connectivity index (χ1v) is 12.9. The molecule has 3 aliphatic rings. The van der Waals surface area contributed by atoms with E-state index in [9.17, 15) is 4.79 Å². The third-order valence-electron chi connectivity index (χ3n) is 6.42. The van der Waals surface area contributed by atoms with Gasteiger partial charge in [0.05, 0.1) is 46.7 Å². The van der Waals surface area contributed by atoms with E-state index in [1.165, 1.54) is 22.7 Å². The Bertz CT molecular complexity index is 1280. The number of ether oxygens (including phenoxy) is 3. The number of carbonyl (C=O) groups is 1. The van der Waals surface area contributed by atoms with Crippen LogP contribution in [0.5, 0.6) is 5.88 Å². The molecule has 12 heteroatoms. The van der Waals surface area contributed by atoms with Crippen molar-refractivity contribution in [3.63, 3.8) is 0 Å². The number of rotatable bonds is 3. The van der Waals surface area contributed by atoms with Crippen LogP contribution in [0.1, 0.15) is 27.2 Å². The number of hydrogen-bond acceptors (Lipinski definition) is 11. The maximum absolute atomic E-state index is 12.9. The molecular formula is C22H26N6O4S2. The molecule has 1 spiro atoms. The quantitative estimate of drug-likeness (QED) is 0.488. The first-order valence-electron chi connectivity index (χ1n) is 11.2. The molecule has 34 heavy (non-hydrogen) atoms. The van der Waals surface area contributed by atoms with Crippen molar-refractivity contribution in [1.29, 1.82) is 0 Å². The number of nitrogens with two attached hydrogens (primary N) is 2. The lowest BCUT2D eigenvalue weighted by molar-refractivity contribution is -0.157. The Kier molecular flexibility index (Phi) is 5.19. The van der Waals surface area contributed by atoms with Gasteiger partial charge in [-0.25, -0.2) is 4.98 Å². The van der Waals surface area contributed by atoms with Crippen LogP contribution in [0.4, 0.5) is 11.5 Å². The maximum Gasteiger partial charge on any atom is 0.263 e. The summed E-state index contributed by atoms with van der Waals surface area (Å²) in [6, 6.07) is 3.52. The van der Waals surface area contributed by atoms with Gasteiger partial charge in [0.2, 0.25) is 11.7 Å². The molecule has 3 aromatic rings. The number of aryl methyl sites for hydroxylation is 1. The minimum atomic E-state index is -0.778. The number of hydrogen-bond donors (Lipinski definition) is 3. The number of anilines is 2. The zero-order valence-electron chi connectivity index (χ0n) is 18.9. The number of amides is 1. The molecule has 0 bridgehead atoms. The van der Waals surface area contributed by atoms with Gasteiger partial charge >= 0.3 is 0 Å². The lowest BCUT2D eigenvalue weighted by atomic mass is 10.1. The fraction of sp³-hybridized carbons (Fsp3) is 0.500. The Morgan fingerprint density at radius 2 is 2.15 bits per heavy atom. The lowest BCUT2D eigenvalue weighted by Gasteiger charge is -2.27. The van der Waals surface area contributed by atoms with E-state index >= 15 is 0 Å². The molecule has 0 saturated carbocycles. The molecule has 5 N–H and O–H groups in total. The Morgan fingerprint density at radius 3 is 2.91 bits per heavy atom. The molecule has 4 atom stereocenters. The van der Waals surface area contributed by atoms with Crippen molar-refractivity contribution in [3.8, 4) is 5.88 Å². The molecule has 0 radical (unpaired) electrons. The summed E-state index contributed by atoms with van der Waals surface area (Å²) in [4.78, 5) is 25.4. The number of thiophene rings is 1. The van der Waals surface area contributed by atoms with Crippen molar-refractivity contribution in [3.05, 3.63) is 27.6 Å². The van der Waals surface area contributed by atoms with Gasteiger partial charge in [-0.15, -0.1) is 22.7 Å². The number of nitrogens with zero attached hydrogens (tertiary/aromatic N) is 3. The molecule has 1 amide bonds. The van der Waals surface area contributed by atoms with Crippen LogP contribution in [0, 0.1) is 6.92 Å². The number of nitrogens with one attached hydrogen (secondary N) is 1. The van der Waals surface area contributed by atoms with Crippen LogP contribution in [0.3, 0.4) is 0 Å². The topological polar surface area (TPSA) is 138 Å². The van der Waals surface area contributed by atoms with Crippen molar-refractivity contribution in [2.45, 2.75) is 44.2 Å². The van der Waals surface area contributed by atoms with Crippen molar-refractivity contribution in [2.24, 2.45) is 5.73 Å². The van der Waals surface area contributed by atoms with Crippen molar-refractivity contribution in [2.75, 3.05) is 36.9 Å². The van der Waals surface area contributed by atoms with E-state index in [2.05, 4.69) is 15.2 Å². The Hall–Kier alpha value is -2.51. The molecule has 2 saturated heterocycles. The summed E-state index contributed by atoms with van der Waals surface area (Å²) in [5, 5.41) is 3.99. The number of aromatic nitrogens is 2. The normalized spacial score (nSPS) is 28.4. The fourth-order valence-corrected chi connectivity index (χ4v) is 6.87. The number of pyridine rings is 1. The first-order chi connectivity index (χ1) is 16.3. The fourth-order valence-electron chi connectivity index (χ4n) is 4.78. The third kappa shape index (κ3) is 3.60. The summed E-state index contributed by atoms with van der Waals surface area (Å²) in [6.45, 7) is 5.90. The predicted molar refractivity (Wildman–Crippen MR) is 131 cm³/mol. The lowest BCUT2D eigenvalue weighted by Crippen LogP contribution is -2.48. The van der Waals surface area contributed by atoms with Gasteiger partial charge in [0, 0.05) is 18.5 Å². The van der Waals surface area contributed by atoms with E-state index in [0.717, 1.165) is 25.9 Å². The second kappa shape index (κ2) is 8.02. The number of nitrogen functional groups attached to an aromatic ring is 1. The monoisotopic (exact) mass is 502 g/mol. The van der Waals surface area contributed by atoms with Gasteiger partial charge < -0.3 is 35.9 Å². The average molecular weight is 503 g/mol. The minimum Gasteiger partial charge on any atom is -0.475 e. The minimum absolute atomic E-state index is 0.0270. The molecule has 0 aromatic carbocycles. The van der Waals surface area contributed by atoms with Crippen molar-refractivity contribution < 1.29 is 19.0 Å². The molecule has 2 fully saturated rings. The van der Waals surface area contributed by atoms with Crippen LogP contribution in [0.15, 0.2) is 12.1 Å². The van der Waals surface area contributed by atoms with E-state index in [4.69, 9.17) is 30.7 Å². The van der Waals surface area contributed by atoms with Crippen molar-refractivity contribution in [1.82, 2.24) is 15.3 Å². The van der Waals surface area contributed by atoms with Gasteiger partial charge in [-0.05, 0) is 26.0 Å². The Labute approximate surface area is 204 Å². The van der Waals surface area contributed by atoms with Crippen LogP contribution >= 0.6 is 22.7 Å². The van der Waals surface area contributed by atoms with Crippen LogP contribution in [0.2, 0.25) is 0 Å². The molecule has 3 aliphatic heterocycles. The number of carbonyl (C=O) groups excluding carboxylic acids is 1. The highest BCUT2D eigenvalue weighted by Gasteiger charge is 2.52. The van der Waals surface area contributed by atoms with Gasteiger partial charge in [-0.3, -0.25) is 4.79 Å². The summed E-state index contributed by atoms with van der Waals surface area (Å²) in [5.74, 6) is 0.373. The van der Waals surface area contributed by atoms with Crippen LogP contribution in [-0.2, 0) is 15.9 Å². The van der Waals surface area contributed by atoms with E-state index in [1.807, 2.05) is 26.0 Å². The van der Waals surface area contributed by atoms with E-state index in [-0.39, 0.29) is 24.1 Å². The summed E-state index contributed by atoms with van der Waals surface area (Å²) < 4.78 is 18.7. The second-order valence-corrected chi connectivity index (χ2v) is 11.3. The van der Waals surface area contributed by atoms with Crippen LogP contribution in [0.25, 0.3) is 9.53 Å². The summed E-state index contributed by atoms with van der Waals surface area (Å²) in [5.41, 5.74) is 14.0. The van der Waals surface area contributed by atoms with Gasteiger partial charge in [0.15, 0.2) is 0 Å². The van der Waals surface area contributed by atoms with Gasteiger partial charge in [0.25, 0.3) is 5.91 Å². The largest absolute Gasteiger partial charge is 0.475 e. The summed E-state index contributed by atoms with van der Waals surface area (Å²) in [7, 11) is 0. The Morgan fingerprint density at radius 1 is 1.29 bits per heavy atom. The second-order valence-electron chi connectivity index (χ2n) is 9.07. The van der Waals surface area contributed by atoms with E-state index in [0.29, 0.717) is 49.2 Å². The third-order valence-corrected chi connectivity index (χ3v) is 8.66. The van der Waals surface area contributed by atoms with Crippen molar-refractivity contribution >= 4 is 49.6 Å². The van der Waals surface area contributed by atoms with Crippen LogP contribution < -0.4 is 26.4 Å². The molecule has 3 aromatic heterocycles. The molecular weight excluding hydrogens is 476 g/mol. The summed E-state index contributed by atoms with van der Waals surface area (Å²) in [6.07, 6.45) is 0.651. The molecule has 4 unspecified atom stereocenters. The first kappa shape index (κ1) is 22.0.